The maximum atomic E-state index is 6.04. The Morgan fingerprint density at radius 3 is 2.74 bits per heavy atom. The van der Waals surface area contributed by atoms with Crippen LogP contribution in [0.15, 0.2) is 22.8 Å². The van der Waals surface area contributed by atoms with E-state index < -0.39 is 0 Å². The summed E-state index contributed by atoms with van der Waals surface area (Å²) in [5.41, 5.74) is 0.483. The van der Waals surface area contributed by atoms with Crippen molar-refractivity contribution in [3.8, 4) is 0 Å². The van der Waals surface area contributed by atoms with E-state index in [1.54, 1.807) is 6.26 Å². The molecule has 132 valence electrons. The van der Waals surface area contributed by atoms with Crippen LogP contribution < -0.4 is 5.32 Å². The van der Waals surface area contributed by atoms with Gasteiger partial charge in [-0.2, -0.15) is 0 Å². The van der Waals surface area contributed by atoms with Gasteiger partial charge in [0.1, 0.15) is 6.54 Å². The zero-order chi connectivity index (χ0) is 16.7. The molecule has 2 N–H and O–H groups in total. The topological polar surface area (TPSA) is 39.0 Å². The summed E-state index contributed by atoms with van der Waals surface area (Å²) in [6.07, 6.45) is 8.67. The maximum Gasteiger partial charge on any atom is 0.157 e. The predicted molar refractivity (Wildman–Crippen MR) is 94.1 cm³/mol. The highest BCUT2D eigenvalue weighted by molar-refractivity contribution is 4.95. The molecule has 1 fully saturated rings. The van der Waals surface area contributed by atoms with Crippen molar-refractivity contribution in [2.45, 2.75) is 72.4 Å². The third kappa shape index (κ3) is 5.96. The largest absolute Gasteiger partial charge is 0.463 e. The molecule has 1 aliphatic heterocycles. The van der Waals surface area contributed by atoms with Crippen LogP contribution in [0.25, 0.3) is 0 Å². The van der Waals surface area contributed by atoms with Crippen LogP contribution in [0.4, 0.5) is 0 Å². The summed E-state index contributed by atoms with van der Waals surface area (Å²) < 4.78 is 11.5. The van der Waals surface area contributed by atoms with E-state index >= 15 is 0 Å². The fraction of sp³-hybridized carbons (Fsp3) is 0.800. The molecule has 23 heavy (non-hydrogen) atoms. The molecule has 0 bridgehead atoms. The highest BCUT2D eigenvalue weighted by atomic mass is 16.5. The van der Waals surface area contributed by atoms with Crippen LogP contribution in [-0.4, -0.2) is 19.3 Å². The zero-order valence-electron chi connectivity index (χ0n) is 15.5. The molecule has 0 unspecified atom stereocenters. The van der Waals surface area contributed by atoms with E-state index in [9.17, 15) is 0 Å². The number of ether oxygens (including phenoxy) is 1. The second-order valence-electron chi connectivity index (χ2n) is 8.15. The Balaban J connectivity index is 1.87. The van der Waals surface area contributed by atoms with Gasteiger partial charge in [-0.05, 0) is 48.6 Å². The van der Waals surface area contributed by atoms with Crippen LogP contribution in [0, 0.1) is 17.3 Å². The third-order valence-electron chi connectivity index (χ3n) is 5.40. The zero-order valence-corrected chi connectivity index (χ0v) is 15.5. The average molecular weight is 323 g/mol. The number of rotatable bonds is 9. The van der Waals surface area contributed by atoms with Crippen molar-refractivity contribution in [2.75, 3.05) is 13.2 Å². The normalized spacial score (nSPS) is 25.4. The Kier molecular flexibility index (Phi) is 7.16. The van der Waals surface area contributed by atoms with E-state index in [1.807, 2.05) is 6.07 Å². The highest BCUT2D eigenvalue weighted by Crippen LogP contribution is 2.43. The van der Waals surface area contributed by atoms with Crippen LogP contribution >= 0.6 is 0 Å². The molecule has 3 heteroatoms. The molecule has 0 amide bonds. The van der Waals surface area contributed by atoms with E-state index in [2.05, 4.69) is 39.1 Å². The molecule has 0 aromatic carbocycles. The van der Waals surface area contributed by atoms with Crippen molar-refractivity contribution in [3.05, 3.63) is 24.2 Å². The van der Waals surface area contributed by atoms with E-state index in [1.165, 1.54) is 38.6 Å². The molecule has 0 aliphatic carbocycles. The highest BCUT2D eigenvalue weighted by Gasteiger charge is 2.37. The lowest BCUT2D eigenvalue weighted by Crippen LogP contribution is -2.83. The molecule has 1 aliphatic rings. The van der Waals surface area contributed by atoms with E-state index in [4.69, 9.17) is 9.15 Å². The molecule has 1 aromatic rings. The van der Waals surface area contributed by atoms with Crippen molar-refractivity contribution in [1.82, 2.24) is 0 Å². The molecular weight excluding hydrogens is 286 g/mol. The molecule has 0 spiro atoms. The van der Waals surface area contributed by atoms with Crippen LogP contribution in [0.2, 0.25) is 0 Å². The molecule has 1 aromatic heterocycles. The second kappa shape index (κ2) is 8.89. The van der Waals surface area contributed by atoms with Gasteiger partial charge in [-0.15, -0.1) is 0 Å². The molecule has 0 saturated carbocycles. The Bertz CT molecular complexity index is 427. The minimum atomic E-state index is 0.445. The van der Waals surface area contributed by atoms with Gasteiger partial charge in [-0.3, -0.25) is 0 Å². The number of nitrogens with two attached hydrogens (primary N) is 1. The van der Waals surface area contributed by atoms with Gasteiger partial charge in [-0.25, -0.2) is 0 Å². The summed E-state index contributed by atoms with van der Waals surface area (Å²) in [5, 5.41) is 2.40. The van der Waals surface area contributed by atoms with Crippen molar-refractivity contribution in [2.24, 2.45) is 17.3 Å². The number of hydrogen-bond donors (Lipinski definition) is 1. The minimum absolute atomic E-state index is 0.445. The lowest BCUT2D eigenvalue weighted by Gasteiger charge is -2.42. The Hall–Kier alpha value is -0.800. The fourth-order valence-corrected chi connectivity index (χ4v) is 3.70. The molecule has 3 nitrogen and oxygen atoms in total. The van der Waals surface area contributed by atoms with Crippen molar-refractivity contribution >= 4 is 0 Å². The Morgan fingerprint density at radius 2 is 2.09 bits per heavy atom. The molecule has 1 saturated heterocycles. The minimum Gasteiger partial charge on any atom is -0.463 e. The first kappa shape index (κ1) is 18.5. The van der Waals surface area contributed by atoms with Crippen molar-refractivity contribution < 1.29 is 14.5 Å². The summed E-state index contributed by atoms with van der Waals surface area (Å²) in [6, 6.07) is 4.04. The predicted octanol–water partition coefficient (Wildman–Crippen LogP) is 3.99. The van der Waals surface area contributed by atoms with Gasteiger partial charge >= 0.3 is 0 Å². The van der Waals surface area contributed by atoms with Gasteiger partial charge < -0.3 is 14.5 Å². The molecular formula is C20H36NO2+. The van der Waals surface area contributed by atoms with Gasteiger partial charge in [-0.1, -0.05) is 34.1 Å². The number of furan rings is 1. The Morgan fingerprint density at radius 1 is 1.26 bits per heavy atom. The monoisotopic (exact) mass is 322 g/mol. The lowest BCUT2D eigenvalue weighted by atomic mass is 9.69. The van der Waals surface area contributed by atoms with Crippen LogP contribution in [-0.2, 0) is 11.3 Å². The molecule has 2 heterocycles. The standard InChI is InChI=1S/C20H35NO2/c1-16(2)7-8-20(10-13-23-19(14-20)17(3)4)9-11-21-15-18-6-5-12-22-18/h5-6,12,16-17,19,21H,7-11,13-15H2,1-4H3/p+1/t19-,20+/m1/s1. The van der Waals surface area contributed by atoms with Crippen molar-refractivity contribution in [1.29, 1.82) is 0 Å². The first-order valence-electron chi connectivity index (χ1n) is 9.46. The summed E-state index contributed by atoms with van der Waals surface area (Å²) in [5.74, 6) is 2.49. The van der Waals surface area contributed by atoms with E-state index in [0.29, 0.717) is 17.4 Å². The SMILES string of the molecule is CC(C)CC[C@]1(CC[NH2+]Cc2ccco2)CCO[C@@H](C(C)C)C1. The van der Waals surface area contributed by atoms with Gasteiger partial charge in [0.25, 0.3) is 0 Å². The van der Waals surface area contributed by atoms with Gasteiger partial charge in [0.2, 0.25) is 0 Å². The van der Waals surface area contributed by atoms with E-state index in [0.717, 1.165) is 24.8 Å². The van der Waals surface area contributed by atoms with Crippen LogP contribution in [0.1, 0.15) is 65.6 Å². The smallest absolute Gasteiger partial charge is 0.157 e. The molecule has 2 atom stereocenters. The molecule has 0 radical (unpaired) electrons. The summed E-state index contributed by atoms with van der Waals surface area (Å²) in [6.45, 7) is 12.4. The van der Waals surface area contributed by atoms with Gasteiger partial charge in [0.05, 0.1) is 18.9 Å². The van der Waals surface area contributed by atoms with Crippen LogP contribution in [0.5, 0.6) is 0 Å². The summed E-state index contributed by atoms with van der Waals surface area (Å²) in [4.78, 5) is 0. The van der Waals surface area contributed by atoms with Crippen LogP contribution in [0.3, 0.4) is 0 Å². The van der Waals surface area contributed by atoms with Crippen molar-refractivity contribution in [3.63, 3.8) is 0 Å². The summed E-state index contributed by atoms with van der Waals surface area (Å²) >= 11 is 0. The number of quaternary nitrogens is 1. The Labute approximate surface area is 142 Å². The second-order valence-corrected chi connectivity index (χ2v) is 8.15. The maximum absolute atomic E-state index is 6.04. The van der Waals surface area contributed by atoms with Gasteiger partial charge in [0, 0.05) is 13.0 Å². The quantitative estimate of drug-likeness (QED) is 0.698. The summed E-state index contributed by atoms with van der Waals surface area (Å²) in [7, 11) is 0. The van der Waals surface area contributed by atoms with E-state index in [-0.39, 0.29) is 0 Å². The first-order chi connectivity index (χ1) is 11.0. The average Bonchev–Trinajstić information content (AvgIpc) is 3.03. The van der Waals surface area contributed by atoms with Gasteiger partial charge in [0.15, 0.2) is 5.76 Å². The lowest BCUT2D eigenvalue weighted by molar-refractivity contribution is -0.674. The fourth-order valence-electron chi connectivity index (χ4n) is 3.70. The number of hydrogen-bond acceptors (Lipinski definition) is 2. The first-order valence-corrected chi connectivity index (χ1v) is 9.46. The third-order valence-corrected chi connectivity index (χ3v) is 5.40. The molecule has 2 rings (SSSR count).